The zero-order valence-corrected chi connectivity index (χ0v) is 14.4. The maximum atomic E-state index is 12.9. The van der Waals surface area contributed by atoms with Gasteiger partial charge in [0, 0.05) is 26.1 Å². The van der Waals surface area contributed by atoms with Crippen molar-refractivity contribution in [1.82, 2.24) is 9.62 Å². The Morgan fingerprint density at radius 2 is 1.78 bits per heavy atom. The molecular weight excluding hydrogens is 316 g/mol. The molecule has 126 valence electrons. The lowest BCUT2D eigenvalue weighted by Gasteiger charge is -2.23. The highest BCUT2D eigenvalue weighted by atomic mass is 32.2. The van der Waals surface area contributed by atoms with Crippen molar-refractivity contribution in [1.29, 1.82) is 0 Å². The molecule has 2 fully saturated rings. The van der Waals surface area contributed by atoms with Gasteiger partial charge in [-0.15, -0.1) is 0 Å². The molecule has 0 radical (unpaired) electrons. The first-order valence-electron chi connectivity index (χ1n) is 7.75. The quantitative estimate of drug-likeness (QED) is 0.894. The molecule has 23 heavy (non-hydrogen) atoms. The fraction of sp³-hybridized carbons (Fsp3) is 0.562. The monoisotopic (exact) mass is 338 g/mol. The molecule has 0 bridgehead atoms. The molecule has 0 aromatic heterocycles. The summed E-state index contributed by atoms with van der Waals surface area (Å²) in [7, 11) is -1.96. The van der Waals surface area contributed by atoms with Crippen LogP contribution in [0, 0.1) is 25.7 Å². The van der Waals surface area contributed by atoms with Crippen LogP contribution in [-0.4, -0.2) is 45.4 Å². The van der Waals surface area contributed by atoms with E-state index in [2.05, 4.69) is 5.32 Å². The molecule has 3 rings (SSSR count). The molecule has 0 aliphatic carbocycles. The third-order valence-corrected chi connectivity index (χ3v) is 6.64. The average Bonchev–Trinajstić information content (AvgIpc) is 2.90. The van der Waals surface area contributed by atoms with Crippen molar-refractivity contribution in [2.75, 3.05) is 26.7 Å². The van der Waals surface area contributed by atoms with Crippen molar-refractivity contribution in [3.8, 4) is 5.75 Å². The van der Waals surface area contributed by atoms with E-state index in [1.807, 2.05) is 13.8 Å². The maximum absolute atomic E-state index is 12.9. The number of fused-ring (bicyclic) bond motifs is 1. The van der Waals surface area contributed by atoms with Crippen LogP contribution in [0.25, 0.3) is 0 Å². The van der Waals surface area contributed by atoms with Gasteiger partial charge in [-0.25, -0.2) is 8.42 Å². The van der Waals surface area contributed by atoms with Gasteiger partial charge in [-0.05, 0) is 48.9 Å². The number of nitrogens with one attached hydrogen (secondary N) is 1. The summed E-state index contributed by atoms with van der Waals surface area (Å²) in [4.78, 5) is 11.8. The van der Waals surface area contributed by atoms with E-state index < -0.39 is 10.0 Å². The van der Waals surface area contributed by atoms with Crippen LogP contribution < -0.4 is 10.1 Å². The number of hydrogen-bond acceptors (Lipinski definition) is 4. The van der Waals surface area contributed by atoms with Gasteiger partial charge >= 0.3 is 0 Å². The molecule has 2 aliphatic rings. The summed E-state index contributed by atoms with van der Waals surface area (Å²) in [5, 5.41) is 2.82. The van der Waals surface area contributed by atoms with Crippen molar-refractivity contribution in [3.63, 3.8) is 0 Å². The van der Waals surface area contributed by atoms with E-state index in [0.717, 1.165) is 11.1 Å². The number of benzene rings is 1. The summed E-state index contributed by atoms with van der Waals surface area (Å²) in [5.74, 6) is 1.07. The van der Waals surface area contributed by atoms with Gasteiger partial charge < -0.3 is 10.1 Å². The third kappa shape index (κ3) is 2.83. The van der Waals surface area contributed by atoms with Crippen LogP contribution in [0.3, 0.4) is 0 Å². The van der Waals surface area contributed by atoms with E-state index in [1.165, 1.54) is 4.31 Å². The molecule has 2 atom stereocenters. The first-order valence-corrected chi connectivity index (χ1v) is 9.19. The van der Waals surface area contributed by atoms with E-state index in [-0.39, 0.29) is 17.7 Å². The molecule has 2 aliphatic heterocycles. The van der Waals surface area contributed by atoms with Crippen LogP contribution in [0.4, 0.5) is 0 Å². The van der Waals surface area contributed by atoms with Gasteiger partial charge in [0.2, 0.25) is 15.9 Å². The van der Waals surface area contributed by atoms with Crippen LogP contribution in [-0.2, 0) is 14.8 Å². The number of ether oxygens (including phenoxy) is 1. The minimum atomic E-state index is -3.55. The number of rotatable bonds is 3. The SMILES string of the molecule is COc1c(C)cc(S(=O)(=O)N2C[C@H]3CC(=O)NC[C@H]3C2)cc1C. The molecule has 7 heteroatoms. The van der Waals surface area contributed by atoms with Crippen molar-refractivity contribution >= 4 is 15.9 Å². The number of sulfonamides is 1. The predicted octanol–water partition coefficient (Wildman–Crippen LogP) is 1.07. The Bertz CT molecular complexity index is 721. The fourth-order valence-corrected chi connectivity index (χ4v) is 5.37. The van der Waals surface area contributed by atoms with Gasteiger partial charge in [-0.3, -0.25) is 4.79 Å². The standard InChI is InChI=1S/C16H22N2O4S/c1-10-4-14(5-11(2)16(10)22-3)23(20,21)18-8-12-6-15(19)17-7-13(12)9-18/h4-5,12-13H,6-9H2,1-3H3,(H,17,19)/t12-,13+/m1/s1. The fourth-order valence-electron chi connectivity index (χ4n) is 3.64. The Morgan fingerprint density at radius 1 is 1.17 bits per heavy atom. The van der Waals surface area contributed by atoms with Crippen LogP contribution >= 0.6 is 0 Å². The van der Waals surface area contributed by atoms with Crippen LogP contribution in [0.5, 0.6) is 5.75 Å². The van der Waals surface area contributed by atoms with Gasteiger partial charge in [0.15, 0.2) is 0 Å². The third-order valence-electron chi connectivity index (χ3n) is 4.83. The Kier molecular flexibility index (Phi) is 4.10. The second-order valence-electron chi connectivity index (χ2n) is 6.44. The van der Waals surface area contributed by atoms with Crippen molar-refractivity contribution in [2.24, 2.45) is 11.8 Å². The van der Waals surface area contributed by atoms with Crippen molar-refractivity contribution < 1.29 is 17.9 Å². The highest BCUT2D eigenvalue weighted by molar-refractivity contribution is 7.89. The number of methoxy groups -OCH3 is 1. The van der Waals surface area contributed by atoms with Gasteiger partial charge in [0.1, 0.15) is 5.75 Å². The summed E-state index contributed by atoms with van der Waals surface area (Å²) in [6, 6.07) is 3.32. The van der Waals surface area contributed by atoms with Crippen molar-refractivity contribution in [3.05, 3.63) is 23.3 Å². The predicted molar refractivity (Wildman–Crippen MR) is 85.8 cm³/mol. The molecule has 0 unspecified atom stereocenters. The maximum Gasteiger partial charge on any atom is 0.243 e. The number of piperidine rings is 1. The largest absolute Gasteiger partial charge is 0.496 e. The van der Waals surface area contributed by atoms with Crippen LogP contribution in [0.1, 0.15) is 17.5 Å². The lowest BCUT2D eigenvalue weighted by Crippen LogP contribution is -2.40. The minimum absolute atomic E-state index is 0.0154. The van der Waals surface area contributed by atoms with Crippen LogP contribution in [0.2, 0.25) is 0 Å². The summed E-state index contributed by atoms with van der Waals surface area (Å²) in [6.45, 7) is 5.15. The van der Waals surface area contributed by atoms with E-state index in [1.54, 1.807) is 19.2 Å². The summed E-state index contributed by atoms with van der Waals surface area (Å²) >= 11 is 0. The molecule has 1 aromatic rings. The smallest absolute Gasteiger partial charge is 0.243 e. The first kappa shape index (κ1) is 16.3. The normalized spacial score (nSPS) is 25.1. The molecule has 2 heterocycles. The van der Waals surface area contributed by atoms with E-state index in [9.17, 15) is 13.2 Å². The molecule has 2 saturated heterocycles. The first-order chi connectivity index (χ1) is 10.8. The van der Waals surface area contributed by atoms with Gasteiger partial charge in [0.25, 0.3) is 0 Å². The molecular formula is C16H22N2O4S. The van der Waals surface area contributed by atoms with E-state index in [0.29, 0.717) is 36.7 Å². The number of amides is 1. The van der Waals surface area contributed by atoms with Crippen molar-refractivity contribution in [2.45, 2.75) is 25.2 Å². The Hall–Kier alpha value is -1.60. The highest BCUT2D eigenvalue weighted by Crippen LogP contribution is 2.34. The second kappa shape index (κ2) is 5.79. The lowest BCUT2D eigenvalue weighted by molar-refractivity contribution is -0.124. The van der Waals surface area contributed by atoms with Crippen LogP contribution in [0.15, 0.2) is 17.0 Å². The molecule has 1 N–H and O–H groups in total. The van der Waals surface area contributed by atoms with E-state index in [4.69, 9.17) is 4.74 Å². The Labute approximate surface area is 136 Å². The number of nitrogens with zero attached hydrogens (tertiary/aromatic N) is 1. The topological polar surface area (TPSA) is 75.7 Å². The van der Waals surface area contributed by atoms with Gasteiger partial charge in [0.05, 0.1) is 12.0 Å². The Morgan fingerprint density at radius 3 is 2.39 bits per heavy atom. The number of aryl methyl sites for hydroxylation is 2. The van der Waals surface area contributed by atoms with Gasteiger partial charge in [-0.2, -0.15) is 4.31 Å². The zero-order chi connectivity index (χ0) is 16.8. The molecule has 1 aromatic carbocycles. The molecule has 0 spiro atoms. The molecule has 6 nitrogen and oxygen atoms in total. The summed E-state index contributed by atoms with van der Waals surface area (Å²) in [6.07, 6.45) is 0.414. The zero-order valence-electron chi connectivity index (χ0n) is 13.6. The number of carbonyl (C=O) groups excluding carboxylic acids is 1. The highest BCUT2D eigenvalue weighted by Gasteiger charge is 2.42. The number of hydrogen-bond donors (Lipinski definition) is 1. The summed E-state index contributed by atoms with van der Waals surface area (Å²) in [5.41, 5.74) is 1.61. The second-order valence-corrected chi connectivity index (χ2v) is 8.38. The number of carbonyl (C=O) groups is 1. The Balaban J connectivity index is 1.89. The summed E-state index contributed by atoms with van der Waals surface area (Å²) < 4.78 is 32.7. The molecule has 1 amide bonds. The van der Waals surface area contributed by atoms with E-state index >= 15 is 0 Å². The lowest BCUT2D eigenvalue weighted by atomic mass is 9.89. The molecule has 0 saturated carbocycles. The minimum Gasteiger partial charge on any atom is -0.496 e. The van der Waals surface area contributed by atoms with Gasteiger partial charge in [-0.1, -0.05) is 0 Å². The average molecular weight is 338 g/mol.